The number of halogens is 1. The second kappa shape index (κ2) is 10.4. The third kappa shape index (κ3) is 5.24. The Hall–Kier alpha value is -3.59. The largest absolute Gasteiger partial charge is 0.481 e. The van der Waals surface area contributed by atoms with Crippen molar-refractivity contribution in [3.63, 3.8) is 0 Å². The second-order valence-electron chi connectivity index (χ2n) is 8.33. The van der Waals surface area contributed by atoms with Crippen LogP contribution >= 0.6 is 15.9 Å². The highest BCUT2D eigenvalue weighted by Gasteiger charge is 2.18. The zero-order valence-electron chi connectivity index (χ0n) is 20.2. The number of ether oxygens (including phenoxy) is 2. The highest BCUT2D eigenvalue weighted by molar-refractivity contribution is 9.10. The molecule has 0 aliphatic rings. The lowest BCUT2D eigenvalue weighted by Gasteiger charge is -2.16. The number of pyridine rings is 1. The molecule has 0 fully saturated rings. The molecular weight excluding hydrogens is 510 g/mol. The van der Waals surface area contributed by atoms with E-state index in [0.29, 0.717) is 17.4 Å². The van der Waals surface area contributed by atoms with Gasteiger partial charge in [0.2, 0.25) is 11.8 Å². The number of hydrogen-bond acceptors (Lipinski definition) is 7. The van der Waals surface area contributed by atoms with Crippen molar-refractivity contribution in [2.45, 2.75) is 40.2 Å². The van der Waals surface area contributed by atoms with Crippen LogP contribution in [0.15, 0.2) is 57.9 Å². The second-order valence-corrected chi connectivity index (χ2v) is 9.13. The summed E-state index contributed by atoms with van der Waals surface area (Å²) in [5.74, 6) is 2.18. The zero-order chi connectivity index (χ0) is 25.1. The van der Waals surface area contributed by atoms with Crippen LogP contribution in [-0.2, 0) is 6.61 Å². The van der Waals surface area contributed by atoms with Crippen LogP contribution in [0, 0.1) is 13.8 Å². The van der Waals surface area contributed by atoms with E-state index in [4.69, 9.17) is 14.5 Å². The molecule has 0 unspecified atom stereocenters. The molecule has 0 amide bonds. The maximum atomic E-state index is 13.4. The van der Waals surface area contributed by atoms with Crippen LogP contribution in [0.3, 0.4) is 0 Å². The molecule has 35 heavy (non-hydrogen) atoms. The minimum absolute atomic E-state index is 0.145. The van der Waals surface area contributed by atoms with E-state index in [2.05, 4.69) is 44.7 Å². The Bertz CT molecular complexity index is 1440. The molecule has 4 rings (SSSR count). The van der Waals surface area contributed by atoms with E-state index in [-0.39, 0.29) is 28.4 Å². The van der Waals surface area contributed by atoms with Gasteiger partial charge in [-0.1, -0.05) is 32.0 Å². The molecule has 0 aliphatic carbocycles. The van der Waals surface area contributed by atoms with Gasteiger partial charge in [-0.3, -0.25) is 9.36 Å². The first kappa shape index (κ1) is 24.5. The molecule has 0 aliphatic heterocycles. The topological polar surface area (TPSA) is 92.0 Å². The van der Waals surface area contributed by atoms with Crippen LogP contribution in [0.1, 0.15) is 42.7 Å². The summed E-state index contributed by atoms with van der Waals surface area (Å²) in [6.45, 7) is 7.99. The van der Waals surface area contributed by atoms with Gasteiger partial charge in [-0.05, 0) is 53.5 Å². The van der Waals surface area contributed by atoms with Gasteiger partial charge in [-0.15, -0.1) is 0 Å². The number of hydrogen-bond donors (Lipinski definition) is 0. The lowest BCUT2D eigenvalue weighted by Crippen LogP contribution is -2.24. The molecule has 0 saturated carbocycles. The molecule has 9 heteroatoms. The molecule has 0 saturated heterocycles. The zero-order valence-corrected chi connectivity index (χ0v) is 21.8. The summed E-state index contributed by atoms with van der Waals surface area (Å²) < 4.78 is 12.8. The van der Waals surface area contributed by atoms with Crippen molar-refractivity contribution in [1.82, 2.24) is 24.5 Å². The molecule has 4 aromatic rings. The third-order valence-electron chi connectivity index (χ3n) is 5.45. The smallest absolute Gasteiger partial charge is 0.276 e. The summed E-state index contributed by atoms with van der Waals surface area (Å²) in [5, 5.41) is 0. The molecular formula is C26H26BrN5O3. The Morgan fingerprint density at radius 1 is 1.06 bits per heavy atom. The maximum Gasteiger partial charge on any atom is 0.276 e. The van der Waals surface area contributed by atoms with Crippen LogP contribution < -0.4 is 15.0 Å². The molecule has 0 bridgehead atoms. The summed E-state index contributed by atoms with van der Waals surface area (Å²) in [7, 11) is 1.55. The Morgan fingerprint density at radius 2 is 1.86 bits per heavy atom. The van der Waals surface area contributed by atoms with E-state index < -0.39 is 0 Å². The van der Waals surface area contributed by atoms with Crippen molar-refractivity contribution < 1.29 is 9.47 Å². The normalized spacial score (nSPS) is 11.1. The average Bonchev–Trinajstić information content (AvgIpc) is 2.86. The molecule has 3 aromatic heterocycles. The maximum absolute atomic E-state index is 13.4. The van der Waals surface area contributed by atoms with Crippen LogP contribution in [0.2, 0.25) is 0 Å². The minimum atomic E-state index is -0.267. The molecule has 0 radical (unpaired) electrons. The Labute approximate surface area is 212 Å². The van der Waals surface area contributed by atoms with E-state index in [1.807, 2.05) is 43.3 Å². The van der Waals surface area contributed by atoms with E-state index in [0.717, 1.165) is 28.3 Å². The first-order valence-electron chi connectivity index (χ1n) is 11.1. The van der Waals surface area contributed by atoms with Gasteiger partial charge in [0.25, 0.3) is 5.56 Å². The molecule has 0 N–H and O–H groups in total. The summed E-state index contributed by atoms with van der Waals surface area (Å²) in [6.07, 6.45) is 1.76. The fourth-order valence-electron chi connectivity index (χ4n) is 3.58. The van der Waals surface area contributed by atoms with Gasteiger partial charge in [0.15, 0.2) is 0 Å². The molecule has 8 nitrogen and oxygen atoms in total. The highest BCUT2D eigenvalue weighted by Crippen LogP contribution is 2.26. The summed E-state index contributed by atoms with van der Waals surface area (Å²) in [6, 6.07) is 13.2. The van der Waals surface area contributed by atoms with E-state index in [1.165, 1.54) is 0 Å². The summed E-state index contributed by atoms with van der Waals surface area (Å²) in [4.78, 5) is 31.3. The molecule has 180 valence electrons. The Balaban J connectivity index is 1.70. The van der Waals surface area contributed by atoms with Gasteiger partial charge in [-0.25, -0.2) is 15.0 Å². The van der Waals surface area contributed by atoms with Crippen molar-refractivity contribution >= 4 is 15.9 Å². The van der Waals surface area contributed by atoms with Gasteiger partial charge in [-0.2, -0.15) is 4.98 Å². The fraction of sp³-hybridized carbons (Fsp3) is 0.269. The van der Waals surface area contributed by atoms with Gasteiger partial charge < -0.3 is 9.47 Å². The third-order valence-corrected chi connectivity index (χ3v) is 6.13. The van der Waals surface area contributed by atoms with Crippen molar-refractivity contribution in [2.24, 2.45) is 0 Å². The quantitative estimate of drug-likeness (QED) is 0.322. The van der Waals surface area contributed by atoms with Gasteiger partial charge in [0.1, 0.15) is 22.7 Å². The molecule has 0 spiro atoms. The van der Waals surface area contributed by atoms with Gasteiger partial charge >= 0.3 is 0 Å². The van der Waals surface area contributed by atoms with Crippen LogP contribution in [0.4, 0.5) is 0 Å². The predicted octanol–water partition coefficient (Wildman–Crippen LogP) is 5.17. The molecule has 0 atom stereocenters. The number of aromatic nitrogens is 5. The van der Waals surface area contributed by atoms with E-state index in [1.54, 1.807) is 30.9 Å². The number of benzene rings is 1. The highest BCUT2D eigenvalue weighted by atomic mass is 79.9. The van der Waals surface area contributed by atoms with Crippen molar-refractivity contribution in [3.05, 3.63) is 86.4 Å². The van der Waals surface area contributed by atoms with Crippen molar-refractivity contribution in [2.75, 3.05) is 7.11 Å². The van der Waals surface area contributed by atoms with Crippen LogP contribution in [0.25, 0.3) is 16.9 Å². The minimum Gasteiger partial charge on any atom is -0.481 e. The predicted molar refractivity (Wildman–Crippen MR) is 137 cm³/mol. The fourth-order valence-corrected chi connectivity index (χ4v) is 3.96. The standard InChI is InChI=1S/C26H26BrN5O3/c1-15(2)24-28-12-11-20(31-24)18-10-9-16(3)21(13-18)32-17(4)29-25(23(27)26(32)33)35-14-19-7-6-8-22(30-19)34-5/h6-13,15H,14H2,1-5H3. The summed E-state index contributed by atoms with van der Waals surface area (Å²) in [5.41, 5.74) is 3.74. The Morgan fingerprint density at radius 3 is 2.60 bits per heavy atom. The van der Waals surface area contributed by atoms with Gasteiger partial charge in [0, 0.05) is 23.7 Å². The number of aryl methyl sites for hydroxylation is 2. The summed E-state index contributed by atoms with van der Waals surface area (Å²) >= 11 is 3.39. The first-order valence-corrected chi connectivity index (χ1v) is 11.9. The molecule has 3 heterocycles. The SMILES string of the molecule is COc1cccc(COc2nc(C)n(-c3cc(-c4ccnc(C(C)C)n4)ccc3C)c(=O)c2Br)n1. The van der Waals surface area contributed by atoms with Gasteiger partial charge in [0.05, 0.1) is 24.2 Å². The van der Waals surface area contributed by atoms with Crippen molar-refractivity contribution in [3.8, 4) is 28.7 Å². The van der Waals surface area contributed by atoms with E-state index >= 15 is 0 Å². The molecule has 1 aromatic carbocycles. The van der Waals surface area contributed by atoms with Crippen molar-refractivity contribution in [1.29, 1.82) is 0 Å². The number of nitrogens with zero attached hydrogens (tertiary/aromatic N) is 5. The van der Waals surface area contributed by atoms with Crippen LogP contribution in [-0.4, -0.2) is 31.6 Å². The number of rotatable bonds is 7. The lowest BCUT2D eigenvalue weighted by molar-refractivity contribution is 0.282. The first-order chi connectivity index (χ1) is 16.8. The average molecular weight is 536 g/mol. The monoisotopic (exact) mass is 535 g/mol. The van der Waals surface area contributed by atoms with Crippen LogP contribution in [0.5, 0.6) is 11.8 Å². The lowest BCUT2D eigenvalue weighted by atomic mass is 10.1. The number of methoxy groups -OCH3 is 1. The Kier molecular flexibility index (Phi) is 7.25. The van der Waals surface area contributed by atoms with E-state index in [9.17, 15) is 4.79 Å².